The molecule has 33 heavy (non-hydrogen) atoms. The van der Waals surface area contributed by atoms with Crippen molar-refractivity contribution >= 4 is 72.3 Å². The van der Waals surface area contributed by atoms with Gasteiger partial charge in [0.05, 0.1) is 10.7 Å². The van der Waals surface area contributed by atoms with E-state index in [1.165, 1.54) is 0 Å². The third-order valence-electron chi connectivity index (χ3n) is 5.54. The van der Waals surface area contributed by atoms with E-state index >= 15 is 0 Å². The highest BCUT2D eigenvalue weighted by molar-refractivity contribution is 9.10. The number of benzene rings is 4. The molecule has 1 aliphatic heterocycles. The van der Waals surface area contributed by atoms with Crippen molar-refractivity contribution in [1.29, 1.82) is 0 Å². The lowest BCUT2D eigenvalue weighted by Gasteiger charge is -2.45. The summed E-state index contributed by atoms with van der Waals surface area (Å²) in [5, 5.41) is 13.7. The van der Waals surface area contributed by atoms with Crippen LogP contribution in [0.4, 0.5) is 11.4 Å². The summed E-state index contributed by atoms with van der Waals surface area (Å²) < 4.78 is 1.74. The molecule has 0 amide bonds. The topological polar surface area (TPSA) is 35.8 Å². The average Bonchev–Trinajstić information content (AvgIpc) is 2.81. The molecule has 1 heterocycles. The number of hydrogen-bond acceptors (Lipinski definition) is 3. The first kappa shape index (κ1) is 22.6. The highest BCUT2D eigenvalue weighted by Crippen LogP contribution is 2.48. The SMILES string of the molecule is O[C@]1(c2ccccc2Cl)c2cc(Br)ccc2N=C(c2ccccc2Cl)N1c1ccc(Br)cc1. The highest BCUT2D eigenvalue weighted by atomic mass is 79.9. The minimum Gasteiger partial charge on any atom is -0.363 e. The van der Waals surface area contributed by atoms with E-state index in [-0.39, 0.29) is 0 Å². The maximum Gasteiger partial charge on any atom is 0.200 e. The third-order valence-corrected chi connectivity index (χ3v) is 7.23. The highest BCUT2D eigenvalue weighted by Gasteiger charge is 2.47. The van der Waals surface area contributed by atoms with E-state index in [0.717, 1.165) is 14.6 Å². The van der Waals surface area contributed by atoms with Crippen LogP contribution in [0.15, 0.2) is 105 Å². The summed E-state index contributed by atoms with van der Waals surface area (Å²) in [5.74, 6) is 0.514. The van der Waals surface area contributed by atoms with E-state index in [1.54, 1.807) is 11.0 Å². The standard InChI is InChI=1S/C26H16Br2Cl2N2O/c27-16-9-12-18(13-10-16)32-25(19-5-1-3-7-22(19)29)31-24-14-11-17(28)15-21(24)26(32,33)20-6-2-4-8-23(20)30/h1-15,33H/t26-/m1/s1. The van der Waals surface area contributed by atoms with Gasteiger partial charge in [-0.2, -0.15) is 0 Å². The first-order valence-corrected chi connectivity index (χ1v) is 12.4. The molecule has 1 N–H and O–H groups in total. The van der Waals surface area contributed by atoms with Crippen molar-refractivity contribution in [2.75, 3.05) is 4.90 Å². The van der Waals surface area contributed by atoms with Crippen LogP contribution < -0.4 is 4.90 Å². The molecule has 5 rings (SSSR count). The van der Waals surface area contributed by atoms with Crippen LogP contribution in [0.25, 0.3) is 0 Å². The molecule has 0 radical (unpaired) electrons. The number of hydrogen-bond donors (Lipinski definition) is 1. The van der Waals surface area contributed by atoms with Crippen LogP contribution in [0.2, 0.25) is 10.0 Å². The molecule has 3 nitrogen and oxygen atoms in total. The van der Waals surface area contributed by atoms with E-state index in [9.17, 15) is 5.11 Å². The lowest BCUT2D eigenvalue weighted by atomic mass is 9.88. The molecule has 1 atom stereocenters. The predicted octanol–water partition coefficient (Wildman–Crippen LogP) is 8.31. The van der Waals surface area contributed by atoms with Crippen LogP contribution in [0.3, 0.4) is 0 Å². The Hall–Kier alpha value is -2.15. The number of anilines is 1. The van der Waals surface area contributed by atoms with Gasteiger partial charge < -0.3 is 5.11 Å². The Labute approximate surface area is 218 Å². The van der Waals surface area contributed by atoms with E-state index in [2.05, 4.69) is 31.9 Å². The molecule has 0 saturated carbocycles. The molecule has 0 fully saturated rings. The summed E-state index contributed by atoms with van der Waals surface area (Å²) in [7, 11) is 0. The monoisotopic (exact) mass is 600 g/mol. The first-order valence-electron chi connectivity index (χ1n) is 10.1. The average molecular weight is 603 g/mol. The predicted molar refractivity (Wildman–Crippen MR) is 143 cm³/mol. The zero-order chi connectivity index (χ0) is 23.2. The van der Waals surface area contributed by atoms with Gasteiger partial charge in [-0.1, -0.05) is 85.4 Å². The summed E-state index contributed by atoms with van der Waals surface area (Å²) in [5.41, 5.74) is 1.52. The number of nitrogens with zero attached hydrogens (tertiary/aromatic N) is 2. The van der Waals surface area contributed by atoms with Crippen LogP contribution in [-0.4, -0.2) is 10.9 Å². The van der Waals surface area contributed by atoms with E-state index in [0.29, 0.717) is 38.3 Å². The lowest BCUT2D eigenvalue weighted by Crippen LogP contribution is -2.53. The molecule has 1 aliphatic rings. The smallest absolute Gasteiger partial charge is 0.200 e. The van der Waals surface area contributed by atoms with E-state index in [4.69, 9.17) is 28.2 Å². The third kappa shape index (κ3) is 3.92. The maximum atomic E-state index is 12.7. The summed E-state index contributed by atoms with van der Waals surface area (Å²) in [6.45, 7) is 0. The zero-order valence-corrected chi connectivity index (χ0v) is 21.7. The van der Waals surface area contributed by atoms with Gasteiger partial charge in [0.2, 0.25) is 0 Å². The molecule has 7 heteroatoms. The molecule has 0 unspecified atom stereocenters. The fourth-order valence-electron chi connectivity index (χ4n) is 4.05. The second-order valence-corrected chi connectivity index (χ2v) is 10.2. The summed E-state index contributed by atoms with van der Waals surface area (Å²) in [4.78, 5) is 6.76. The van der Waals surface area contributed by atoms with Gasteiger partial charge in [0, 0.05) is 36.3 Å². The molecule has 0 saturated heterocycles. The number of fused-ring (bicyclic) bond motifs is 1. The Kier molecular flexibility index (Phi) is 6.10. The van der Waals surface area contributed by atoms with Gasteiger partial charge in [-0.3, -0.25) is 4.90 Å². The van der Waals surface area contributed by atoms with Crippen LogP contribution in [0.5, 0.6) is 0 Å². The fourth-order valence-corrected chi connectivity index (χ4v) is 5.17. The minimum atomic E-state index is -1.67. The van der Waals surface area contributed by atoms with Crippen molar-refractivity contribution in [2.45, 2.75) is 5.72 Å². The van der Waals surface area contributed by atoms with Gasteiger partial charge in [0.15, 0.2) is 5.72 Å². The maximum absolute atomic E-state index is 12.7. The minimum absolute atomic E-state index is 0.438. The Bertz CT molecular complexity index is 1390. The number of aliphatic imine (C=N–C) groups is 1. The van der Waals surface area contributed by atoms with Crippen LogP contribution >= 0.6 is 55.1 Å². The normalized spacial score (nSPS) is 17.5. The van der Waals surface area contributed by atoms with Gasteiger partial charge in [0.1, 0.15) is 5.84 Å². The number of aliphatic hydroxyl groups is 1. The van der Waals surface area contributed by atoms with Crippen molar-refractivity contribution in [2.24, 2.45) is 4.99 Å². The van der Waals surface area contributed by atoms with Crippen molar-refractivity contribution in [1.82, 2.24) is 0 Å². The molecule has 4 aromatic carbocycles. The summed E-state index contributed by atoms with van der Waals surface area (Å²) in [6, 6.07) is 28.1. The zero-order valence-electron chi connectivity index (χ0n) is 17.0. The molecule has 0 bridgehead atoms. The van der Waals surface area contributed by atoms with Crippen molar-refractivity contribution in [3.63, 3.8) is 0 Å². The van der Waals surface area contributed by atoms with Gasteiger partial charge >= 0.3 is 0 Å². The quantitative estimate of drug-likeness (QED) is 0.256. The van der Waals surface area contributed by atoms with Crippen molar-refractivity contribution < 1.29 is 5.11 Å². The van der Waals surface area contributed by atoms with E-state index in [1.807, 2.05) is 84.9 Å². The van der Waals surface area contributed by atoms with Crippen LogP contribution in [0, 0.1) is 0 Å². The second kappa shape index (κ2) is 8.90. The molecule has 164 valence electrons. The van der Waals surface area contributed by atoms with Gasteiger partial charge in [0.25, 0.3) is 0 Å². The number of halogens is 4. The number of amidine groups is 1. The van der Waals surface area contributed by atoms with E-state index < -0.39 is 5.72 Å². The van der Waals surface area contributed by atoms with Gasteiger partial charge in [-0.25, -0.2) is 4.99 Å². The van der Waals surface area contributed by atoms with Gasteiger partial charge in [-0.15, -0.1) is 0 Å². The largest absolute Gasteiger partial charge is 0.363 e. The van der Waals surface area contributed by atoms with Crippen LogP contribution in [0.1, 0.15) is 16.7 Å². The Morgan fingerprint density at radius 2 is 1.36 bits per heavy atom. The lowest BCUT2D eigenvalue weighted by molar-refractivity contribution is 0.0902. The Morgan fingerprint density at radius 1 is 0.727 bits per heavy atom. The molecule has 0 aromatic heterocycles. The number of rotatable bonds is 3. The molecule has 4 aromatic rings. The second-order valence-electron chi connectivity index (χ2n) is 7.54. The van der Waals surface area contributed by atoms with Crippen molar-refractivity contribution in [3.8, 4) is 0 Å². The summed E-state index contributed by atoms with van der Waals surface area (Å²) in [6.07, 6.45) is 0. The fraction of sp³-hybridized carbons (Fsp3) is 0.0385. The summed E-state index contributed by atoms with van der Waals surface area (Å²) >= 11 is 20.4. The Morgan fingerprint density at radius 3 is 2.06 bits per heavy atom. The van der Waals surface area contributed by atoms with Gasteiger partial charge in [-0.05, 0) is 60.7 Å². The molecular weight excluding hydrogens is 587 g/mol. The first-order chi connectivity index (χ1) is 15.9. The molecule has 0 aliphatic carbocycles. The molecule has 0 spiro atoms. The van der Waals surface area contributed by atoms with Crippen molar-refractivity contribution in [3.05, 3.63) is 127 Å². The Balaban J connectivity index is 1.90. The molecular formula is C26H16Br2Cl2N2O. The van der Waals surface area contributed by atoms with Crippen LogP contribution in [-0.2, 0) is 5.72 Å².